The van der Waals surface area contributed by atoms with Gasteiger partial charge in [-0.05, 0) is 19.4 Å². The second-order valence-electron chi connectivity index (χ2n) is 5.55. The molecule has 2 heterocycles. The number of ketones is 1. The van der Waals surface area contributed by atoms with Crippen LogP contribution < -0.4 is 0 Å². The number of hydrogen-bond donors (Lipinski definition) is 0. The van der Waals surface area contributed by atoms with Crippen molar-refractivity contribution in [3.05, 3.63) is 57.0 Å². The van der Waals surface area contributed by atoms with Crippen molar-refractivity contribution in [1.82, 2.24) is 9.97 Å². The van der Waals surface area contributed by atoms with Gasteiger partial charge in [-0.25, -0.2) is 9.97 Å². The van der Waals surface area contributed by atoms with Gasteiger partial charge in [-0.2, -0.15) is 0 Å². The molecule has 3 nitrogen and oxygen atoms in total. The average molecular weight is 342 g/mol. The molecule has 0 saturated carbocycles. The van der Waals surface area contributed by atoms with Gasteiger partial charge in [-0.3, -0.25) is 4.79 Å². The van der Waals surface area contributed by atoms with Crippen molar-refractivity contribution < 1.29 is 4.79 Å². The molecule has 1 aromatic carbocycles. The molecule has 0 radical (unpaired) electrons. The highest BCUT2D eigenvalue weighted by atomic mass is 32.1. The first-order valence-corrected chi connectivity index (χ1v) is 9.20. The second kappa shape index (κ2) is 6.72. The van der Waals surface area contributed by atoms with Crippen molar-refractivity contribution in [3.63, 3.8) is 0 Å². The van der Waals surface area contributed by atoms with E-state index >= 15 is 0 Å². The molecular weight excluding hydrogens is 324 g/mol. The van der Waals surface area contributed by atoms with Crippen LogP contribution in [0, 0.1) is 13.8 Å². The van der Waals surface area contributed by atoms with E-state index in [4.69, 9.17) is 0 Å². The average Bonchev–Trinajstić information content (AvgIpc) is 3.13. The predicted molar refractivity (Wildman–Crippen MR) is 96.3 cm³/mol. The molecule has 0 fully saturated rings. The number of hydrogen-bond acceptors (Lipinski definition) is 5. The zero-order valence-electron chi connectivity index (χ0n) is 13.4. The molecule has 0 spiro atoms. The highest BCUT2D eigenvalue weighted by Crippen LogP contribution is 2.31. The summed E-state index contributed by atoms with van der Waals surface area (Å²) in [6.07, 6.45) is 0.386. The standard InChI is InChI=1S/C18H18N2OS2/c1-11(14-7-5-4-6-8-14)16(21)9-17-20-15(10-22-17)18-12(2)19-13(3)23-18/h4-8,10-11H,9H2,1-3H3. The molecule has 2 aromatic heterocycles. The monoisotopic (exact) mass is 342 g/mol. The molecule has 1 unspecified atom stereocenters. The first-order valence-electron chi connectivity index (χ1n) is 7.51. The highest BCUT2D eigenvalue weighted by Gasteiger charge is 2.18. The minimum atomic E-state index is -0.101. The van der Waals surface area contributed by atoms with E-state index in [2.05, 4.69) is 9.97 Å². The Balaban J connectivity index is 1.74. The fraction of sp³-hybridized carbons (Fsp3) is 0.278. The van der Waals surface area contributed by atoms with Crippen molar-refractivity contribution in [3.8, 4) is 10.6 Å². The smallest absolute Gasteiger partial charge is 0.146 e. The molecule has 0 saturated heterocycles. The first-order chi connectivity index (χ1) is 11.0. The van der Waals surface area contributed by atoms with Crippen LogP contribution in [0.15, 0.2) is 35.7 Å². The Morgan fingerprint density at radius 3 is 2.57 bits per heavy atom. The van der Waals surface area contributed by atoms with Crippen LogP contribution in [0.4, 0.5) is 0 Å². The molecule has 0 aliphatic heterocycles. The van der Waals surface area contributed by atoms with Crippen LogP contribution >= 0.6 is 22.7 Å². The van der Waals surface area contributed by atoms with Crippen LogP contribution in [0.3, 0.4) is 0 Å². The Bertz CT molecular complexity index is 821. The number of thiazole rings is 2. The summed E-state index contributed by atoms with van der Waals surface area (Å²) in [5.74, 6) is 0.102. The lowest BCUT2D eigenvalue weighted by Crippen LogP contribution is -2.11. The Morgan fingerprint density at radius 1 is 1.17 bits per heavy atom. The Labute approximate surface area is 144 Å². The normalized spacial score (nSPS) is 12.3. The van der Waals surface area contributed by atoms with E-state index in [0.29, 0.717) is 6.42 Å². The third-order valence-corrected chi connectivity index (χ3v) is 5.74. The highest BCUT2D eigenvalue weighted by molar-refractivity contribution is 7.16. The largest absolute Gasteiger partial charge is 0.299 e. The van der Waals surface area contributed by atoms with Crippen molar-refractivity contribution in [1.29, 1.82) is 0 Å². The molecule has 5 heteroatoms. The van der Waals surface area contributed by atoms with Crippen LogP contribution in [-0.2, 0) is 11.2 Å². The lowest BCUT2D eigenvalue weighted by atomic mass is 9.95. The lowest BCUT2D eigenvalue weighted by molar-refractivity contribution is -0.119. The van der Waals surface area contributed by atoms with Gasteiger partial charge in [-0.1, -0.05) is 37.3 Å². The van der Waals surface area contributed by atoms with Gasteiger partial charge >= 0.3 is 0 Å². The summed E-state index contributed by atoms with van der Waals surface area (Å²) in [6.45, 7) is 5.96. The fourth-order valence-electron chi connectivity index (χ4n) is 2.50. The van der Waals surface area contributed by atoms with Gasteiger partial charge < -0.3 is 0 Å². The van der Waals surface area contributed by atoms with E-state index in [1.165, 1.54) is 0 Å². The second-order valence-corrected chi connectivity index (χ2v) is 7.70. The Hall–Kier alpha value is -1.85. The molecule has 0 N–H and O–H groups in total. The maximum atomic E-state index is 12.5. The van der Waals surface area contributed by atoms with Gasteiger partial charge in [0.1, 0.15) is 10.8 Å². The summed E-state index contributed by atoms with van der Waals surface area (Å²) >= 11 is 3.20. The number of aryl methyl sites for hydroxylation is 2. The quantitative estimate of drug-likeness (QED) is 0.669. The van der Waals surface area contributed by atoms with Crippen molar-refractivity contribution in [2.24, 2.45) is 0 Å². The van der Waals surface area contributed by atoms with E-state index < -0.39 is 0 Å². The van der Waals surface area contributed by atoms with Crippen LogP contribution in [0.25, 0.3) is 10.6 Å². The number of rotatable bonds is 5. The van der Waals surface area contributed by atoms with Crippen LogP contribution in [0.5, 0.6) is 0 Å². The minimum absolute atomic E-state index is 0.101. The van der Waals surface area contributed by atoms with Gasteiger partial charge in [0.25, 0.3) is 0 Å². The number of nitrogens with zero attached hydrogens (tertiary/aromatic N) is 2. The Kier molecular flexibility index (Phi) is 4.68. The maximum absolute atomic E-state index is 12.5. The number of Topliss-reactive ketones (excluding diaryl/α,β-unsaturated/α-hetero) is 1. The molecule has 23 heavy (non-hydrogen) atoms. The Morgan fingerprint density at radius 2 is 1.91 bits per heavy atom. The van der Waals surface area contributed by atoms with Gasteiger partial charge in [0, 0.05) is 11.3 Å². The molecule has 0 aliphatic carbocycles. The number of carbonyl (C=O) groups is 1. The maximum Gasteiger partial charge on any atom is 0.146 e. The molecular formula is C18H18N2OS2. The van der Waals surface area contributed by atoms with Crippen LogP contribution in [0.2, 0.25) is 0 Å². The topological polar surface area (TPSA) is 42.9 Å². The molecule has 0 amide bonds. The van der Waals surface area contributed by atoms with Gasteiger partial charge in [-0.15, -0.1) is 22.7 Å². The minimum Gasteiger partial charge on any atom is -0.299 e. The third kappa shape index (κ3) is 3.57. The van der Waals surface area contributed by atoms with Crippen molar-refractivity contribution in [2.45, 2.75) is 33.1 Å². The summed E-state index contributed by atoms with van der Waals surface area (Å²) in [5, 5.41) is 3.94. The van der Waals surface area contributed by atoms with Gasteiger partial charge in [0.05, 0.1) is 27.7 Å². The van der Waals surface area contributed by atoms with E-state index in [1.54, 1.807) is 22.7 Å². The summed E-state index contributed by atoms with van der Waals surface area (Å²) in [7, 11) is 0. The van der Waals surface area contributed by atoms with Crippen molar-refractivity contribution in [2.75, 3.05) is 0 Å². The van der Waals surface area contributed by atoms with Crippen molar-refractivity contribution >= 4 is 28.5 Å². The molecule has 1 atom stereocenters. The number of aromatic nitrogens is 2. The van der Waals surface area contributed by atoms with E-state index in [1.807, 2.05) is 56.5 Å². The number of carbonyl (C=O) groups excluding carboxylic acids is 1. The summed E-state index contributed by atoms with van der Waals surface area (Å²) in [4.78, 5) is 22.7. The molecule has 3 aromatic rings. The molecule has 3 rings (SSSR count). The molecule has 0 aliphatic rings. The first kappa shape index (κ1) is 16.0. The molecule has 118 valence electrons. The number of benzene rings is 1. The van der Waals surface area contributed by atoms with Crippen LogP contribution in [0.1, 0.15) is 34.1 Å². The van der Waals surface area contributed by atoms with E-state index in [0.717, 1.165) is 31.8 Å². The van der Waals surface area contributed by atoms with Crippen LogP contribution in [-0.4, -0.2) is 15.8 Å². The zero-order chi connectivity index (χ0) is 16.4. The van der Waals surface area contributed by atoms with Gasteiger partial charge in [0.15, 0.2) is 0 Å². The van der Waals surface area contributed by atoms with Gasteiger partial charge in [0.2, 0.25) is 0 Å². The van der Waals surface area contributed by atoms with E-state index in [9.17, 15) is 4.79 Å². The zero-order valence-corrected chi connectivity index (χ0v) is 15.0. The third-order valence-electron chi connectivity index (χ3n) is 3.80. The lowest BCUT2D eigenvalue weighted by Gasteiger charge is -2.09. The SMILES string of the molecule is Cc1nc(C)c(-c2csc(CC(=O)C(C)c3ccccc3)n2)s1. The predicted octanol–water partition coefficient (Wildman–Crippen LogP) is 4.80. The summed E-state index contributed by atoms with van der Waals surface area (Å²) in [5.41, 5.74) is 3.00. The van der Waals surface area contributed by atoms with E-state index in [-0.39, 0.29) is 11.7 Å². The summed E-state index contributed by atoms with van der Waals surface area (Å²) in [6, 6.07) is 9.90. The fourth-order valence-corrected chi connectivity index (χ4v) is 4.25. The summed E-state index contributed by atoms with van der Waals surface area (Å²) < 4.78 is 0. The molecule has 0 bridgehead atoms.